The Labute approximate surface area is 330 Å². The molecule has 4 aromatic rings. The number of carbonyl (C=O) groups excluding carboxylic acids is 7. The number of ether oxygens (including phenoxy) is 8. The van der Waals surface area contributed by atoms with E-state index in [1.807, 2.05) is 19.1 Å². The molecule has 2 heterocycles. The third-order valence-corrected chi connectivity index (χ3v) is 8.84. The maximum atomic E-state index is 13.7. The summed E-state index contributed by atoms with van der Waals surface area (Å²) in [6, 6.07) is 19.3. The van der Waals surface area contributed by atoms with Gasteiger partial charge < -0.3 is 48.1 Å². The van der Waals surface area contributed by atoms with Crippen LogP contribution in [0.3, 0.4) is 0 Å². The molecule has 6 rings (SSSR count). The van der Waals surface area contributed by atoms with E-state index in [1.54, 1.807) is 36.4 Å². The average molecular weight is 797 g/mol. The van der Waals surface area contributed by atoms with E-state index in [4.69, 9.17) is 28.4 Å². The lowest BCUT2D eigenvalue weighted by molar-refractivity contribution is -0.165. The zero-order chi connectivity index (χ0) is 41.7. The molecule has 1 unspecified atom stereocenters. The molecule has 300 valence electrons. The highest BCUT2D eigenvalue weighted by Crippen LogP contribution is 2.56. The van der Waals surface area contributed by atoms with Crippen molar-refractivity contribution >= 4 is 53.1 Å². The van der Waals surface area contributed by atoms with Gasteiger partial charge >= 0.3 is 35.8 Å². The Morgan fingerprint density at radius 2 is 1.33 bits per heavy atom. The first-order valence-corrected chi connectivity index (χ1v) is 17.5. The van der Waals surface area contributed by atoms with Crippen LogP contribution in [-0.4, -0.2) is 75.5 Å². The van der Waals surface area contributed by atoms with Gasteiger partial charge in [0.2, 0.25) is 13.6 Å². The largest absolute Gasteiger partial charge is 0.495 e. The Balaban J connectivity index is 1.27. The summed E-state index contributed by atoms with van der Waals surface area (Å²) >= 11 is 0. The quantitative estimate of drug-likeness (QED) is 0.0843. The molecule has 0 fully saturated rings. The minimum atomic E-state index is -1.44. The van der Waals surface area contributed by atoms with Gasteiger partial charge in [-0.2, -0.15) is 0 Å². The monoisotopic (exact) mass is 796 g/mol. The number of nitrogens with zero attached hydrogens (tertiary/aromatic N) is 1. The first-order valence-electron chi connectivity index (χ1n) is 17.5. The molecule has 58 heavy (non-hydrogen) atoms. The fraction of sp³-hybridized carbons (Fsp3) is 0.244. The van der Waals surface area contributed by atoms with E-state index in [0.29, 0.717) is 28.2 Å². The van der Waals surface area contributed by atoms with Crippen LogP contribution in [0.2, 0.25) is 0 Å². The van der Waals surface area contributed by atoms with Gasteiger partial charge in [-0.1, -0.05) is 18.2 Å². The summed E-state index contributed by atoms with van der Waals surface area (Å²) in [5.41, 5.74) is 1.66. The molecule has 0 aromatic heterocycles. The summed E-state index contributed by atoms with van der Waals surface area (Å²) in [7, 11) is 1.33. The van der Waals surface area contributed by atoms with Crippen molar-refractivity contribution in [1.29, 1.82) is 0 Å². The van der Waals surface area contributed by atoms with Crippen molar-refractivity contribution in [3.8, 4) is 23.0 Å². The molecule has 0 radical (unpaired) electrons. The predicted octanol–water partition coefficient (Wildman–Crippen LogP) is 4.68. The van der Waals surface area contributed by atoms with E-state index >= 15 is 0 Å². The van der Waals surface area contributed by atoms with Crippen LogP contribution < -0.4 is 24.4 Å². The maximum Gasteiger partial charge on any atom is 0.340 e. The van der Waals surface area contributed by atoms with Crippen molar-refractivity contribution in [2.24, 2.45) is 0 Å². The Bertz CT molecular complexity index is 2320. The second-order valence-electron chi connectivity index (χ2n) is 12.9. The molecule has 1 atom stereocenters. The molecule has 17 nitrogen and oxygen atoms in total. The number of benzene rings is 4. The van der Waals surface area contributed by atoms with Crippen molar-refractivity contribution in [3.63, 3.8) is 0 Å². The Kier molecular flexibility index (Phi) is 11.6. The third kappa shape index (κ3) is 8.52. The second kappa shape index (κ2) is 16.7. The number of nitrogens with one attached hydrogen (secondary N) is 1. The molecule has 0 aliphatic carbocycles. The molecule has 1 spiro atoms. The van der Waals surface area contributed by atoms with Crippen LogP contribution in [0.1, 0.15) is 63.7 Å². The molecular formula is C41H36N2O15. The fourth-order valence-electron chi connectivity index (χ4n) is 6.39. The normalized spacial score (nSPS) is 14.3. The number of esters is 6. The van der Waals surface area contributed by atoms with Crippen molar-refractivity contribution in [2.75, 3.05) is 44.0 Å². The van der Waals surface area contributed by atoms with Crippen LogP contribution in [-0.2, 0) is 53.3 Å². The van der Waals surface area contributed by atoms with Gasteiger partial charge in [-0.25, -0.2) is 4.79 Å². The average Bonchev–Trinajstić information content (AvgIpc) is 3.45. The number of hydrogen-bond donors (Lipinski definition) is 1. The van der Waals surface area contributed by atoms with E-state index in [9.17, 15) is 33.6 Å². The standard InChI is InChI=1S/C41H36N2O15/c1-22-6-10-31-34(14-22)57-35-17-28(56-25(4)46)9-12-32(35)41(31)30-11-7-26(15-29(30)40(50)58-41)39(49)42-27-8-13-33(36(16-27)51-5)43(18-37(47)54-20-52-23(2)44)19-38(48)55-21-53-24(3)45/h6-17H,18-21H2,1-5H3,(H,42,49). The number of anilines is 2. The molecule has 2 aliphatic heterocycles. The van der Waals surface area contributed by atoms with Crippen LogP contribution in [0.4, 0.5) is 11.4 Å². The molecule has 1 amide bonds. The lowest BCUT2D eigenvalue weighted by Crippen LogP contribution is -2.37. The molecule has 0 saturated heterocycles. The van der Waals surface area contributed by atoms with Gasteiger partial charge in [-0.15, -0.1) is 0 Å². The van der Waals surface area contributed by atoms with Crippen molar-refractivity contribution in [2.45, 2.75) is 33.3 Å². The summed E-state index contributed by atoms with van der Waals surface area (Å²) in [4.78, 5) is 87.7. The lowest BCUT2D eigenvalue weighted by Gasteiger charge is -2.36. The number of hydrogen-bond acceptors (Lipinski definition) is 16. The number of fused-ring (bicyclic) bond motifs is 6. The van der Waals surface area contributed by atoms with Gasteiger partial charge in [0.05, 0.1) is 18.4 Å². The topological polar surface area (TPSA) is 209 Å². The molecule has 17 heteroatoms. The van der Waals surface area contributed by atoms with Gasteiger partial charge in [0.25, 0.3) is 5.91 Å². The molecule has 2 aliphatic rings. The zero-order valence-electron chi connectivity index (χ0n) is 31.8. The van der Waals surface area contributed by atoms with E-state index in [0.717, 1.165) is 19.4 Å². The van der Waals surface area contributed by atoms with Gasteiger partial charge in [-0.05, 0) is 55.0 Å². The van der Waals surface area contributed by atoms with Gasteiger partial charge in [-0.3, -0.25) is 28.8 Å². The highest BCUT2D eigenvalue weighted by molar-refractivity contribution is 6.07. The van der Waals surface area contributed by atoms with Gasteiger partial charge in [0.1, 0.15) is 36.1 Å². The second-order valence-corrected chi connectivity index (χ2v) is 12.9. The van der Waals surface area contributed by atoms with Crippen LogP contribution in [0.15, 0.2) is 72.8 Å². The molecule has 1 N–H and O–H groups in total. The van der Waals surface area contributed by atoms with Crippen molar-refractivity contribution in [1.82, 2.24) is 0 Å². The summed E-state index contributed by atoms with van der Waals surface area (Å²) < 4.78 is 42.4. The highest BCUT2D eigenvalue weighted by Gasteiger charge is 2.53. The number of methoxy groups -OCH3 is 1. The third-order valence-electron chi connectivity index (χ3n) is 8.84. The van der Waals surface area contributed by atoms with E-state index < -0.39 is 74.0 Å². The Hall–Kier alpha value is -7.43. The summed E-state index contributed by atoms with van der Waals surface area (Å²) in [6.45, 7) is 3.05. The van der Waals surface area contributed by atoms with Gasteiger partial charge in [0, 0.05) is 60.8 Å². The summed E-state index contributed by atoms with van der Waals surface area (Å²) in [5, 5.41) is 2.76. The van der Waals surface area contributed by atoms with E-state index in [-0.39, 0.29) is 34.0 Å². The molecule has 0 bridgehead atoms. The van der Waals surface area contributed by atoms with Crippen molar-refractivity contribution in [3.05, 3.63) is 106 Å². The molecule has 0 saturated carbocycles. The van der Waals surface area contributed by atoms with Crippen molar-refractivity contribution < 1.29 is 71.5 Å². The Morgan fingerprint density at radius 3 is 1.95 bits per heavy atom. The van der Waals surface area contributed by atoms with Crippen LogP contribution in [0.25, 0.3) is 0 Å². The van der Waals surface area contributed by atoms with Gasteiger partial charge in [0.15, 0.2) is 5.60 Å². The Morgan fingerprint density at radius 1 is 0.707 bits per heavy atom. The first-order chi connectivity index (χ1) is 27.7. The zero-order valence-corrected chi connectivity index (χ0v) is 31.8. The molecular weight excluding hydrogens is 760 g/mol. The first kappa shape index (κ1) is 40.2. The van der Waals surface area contributed by atoms with Crippen LogP contribution >= 0.6 is 0 Å². The number of carbonyl (C=O) groups is 7. The predicted molar refractivity (Wildman–Crippen MR) is 199 cm³/mol. The minimum absolute atomic E-state index is 0.113. The van der Waals surface area contributed by atoms with Crippen LogP contribution in [0, 0.1) is 6.92 Å². The van der Waals surface area contributed by atoms with Crippen LogP contribution in [0.5, 0.6) is 23.0 Å². The number of rotatable bonds is 13. The summed E-state index contributed by atoms with van der Waals surface area (Å²) in [5.74, 6) is -3.80. The fourth-order valence-corrected chi connectivity index (χ4v) is 6.39. The highest BCUT2D eigenvalue weighted by atomic mass is 16.7. The lowest BCUT2D eigenvalue weighted by atomic mass is 9.77. The summed E-state index contributed by atoms with van der Waals surface area (Å²) in [6.07, 6.45) is 0. The smallest absolute Gasteiger partial charge is 0.340 e. The number of aryl methyl sites for hydroxylation is 1. The maximum absolute atomic E-state index is 13.7. The minimum Gasteiger partial charge on any atom is -0.495 e. The molecule has 4 aromatic carbocycles. The van der Waals surface area contributed by atoms with E-state index in [2.05, 4.69) is 14.8 Å². The number of amides is 1. The SMILES string of the molecule is COc1cc(NC(=O)c2ccc3c(c2)C(=O)OC32c3ccc(C)cc3Oc3cc(OC(C)=O)ccc32)ccc1N(CC(=O)OCOC(C)=O)CC(=O)OCOC(C)=O. The van der Waals surface area contributed by atoms with E-state index in [1.165, 1.54) is 43.2 Å².